The van der Waals surface area contributed by atoms with Crippen molar-refractivity contribution in [2.24, 2.45) is 11.3 Å². The van der Waals surface area contributed by atoms with Crippen LogP contribution in [0, 0.1) is 40.1 Å². The van der Waals surface area contributed by atoms with Gasteiger partial charge in [-0.1, -0.05) is 25.7 Å². The number of rotatable bonds is 6. The van der Waals surface area contributed by atoms with Crippen LogP contribution in [-0.2, 0) is 11.3 Å². The predicted octanol–water partition coefficient (Wildman–Crippen LogP) is 3.74. The molecule has 2 N–H and O–H groups in total. The molecule has 2 saturated carbocycles. The minimum atomic E-state index is -1.36. The van der Waals surface area contributed by atoms with Crippen LogP contribution in [0.3, 0.4) is 0 Å². The molecule has 0 spiro atoms. The van der Waals surface area contributed by atoms with Gasteiger partial charge < -0.3 is 10.6 Å². The number of halogens is 3. The zero-order chi connectivity index (χ0) is 25.3. The summed E-state index contributed by atoms with van der Waals surface area (Å²) in [5, 5.41) is 17.8. The number of hydrogen-bond donors (Lipinski definition) is 2. The number of fused-ring (bicyclic) bond motifs is 4. The first-order valence-corrected chi connectivity index (χ1v) is 10.8. The highest BCUT2D eigenvalue weighted by Crippen LogP contribution is 2.91. The van der Waals surface area contributed by atoms with E-state index in [-0.39, 0.29) is 24.1 Å². The van der Waals surface area contributed by atoms with E-state index in [9.17, 15) is 22.8 Å². The maximum Gasteiger partial charge on any atom is 0.275 e. The fourth-order valence-electron chi connectivity index (χ4n) is 5.43. The lowest BCUT2D eigenvalue weighted by molar-refractivity contribution is -0.121. The molecule has 35 heavy (non-hydrogen) atoms. The molecule has 2 fully saturated rings. The number of nitriles is 1. The van der Waals surface area contributed by atoms with Gasteiger partial charge in [0.05, 0.1) is 24.5 Å². The lowest BCUT2D eigenvalue weighted by atomic mass is 9.86. The molecule has 1 aromatic carbocycles. The molecular formula is C25H20F3N5O2. The van der Waals surface area contributed by atoms with Crippen LogP contribution in [0.25, 0.3) is 0 Å². The Balaban J connectivity index is 1.33. The summed E-state index contributed by atoms with van der Waals surface area (Å²) < 4.78 is 43.9. The Morgan fingerprint density at radius 3 is 2.77 bits per heavy atom. The third kappa shape index (κ3) is 3.15. The molecule has 3 aliphatic rings. The van der Waals surface area contributed by atoms with Crippen LogP contribution in [-0.4, -0.2) is 27.1 Å². The lowest BCUT2D eigenvalue weighted by Gasteiger charge is -2.26. The summed E-state index contributed by atoms with van der Waals surface area (Å²) in [4.78, 5) is 26.0. The fraction of sp³-hybridized carbons (Fsp3) is 0.280. The molecule has 1 aliphatic heterocycles. The van der Waals surface area contributed by atoms with Crippen molar-refractivity contribution < 1.29 is 22.8 Å². The van der Waals surface area contributed by atoms with Gasteiger partial charge in [-0.2, -0.15) is 10.4 Å². The standard InChI is InChI=1S/C25H20F3N5O2/c1-12(9-29)5-4-6-13(2)10-33-11-17(28)20(32-33)22(34)31-25-21-18(24(21,25)3)15-7-14(26)8-16(27)19(15)30-23(25)35/h4-8,11,18,21H,2,10H2,1,3H3,(H,30,35)(H,31,34)/b6-4-,12-5+. The van der Waals surface area contributed by atoms with E-state index >= 15 is 0 Å². The number of aromatic nitrogens is 2. The van der Waals surface area contributed by atoms with Crippen LogP contribution in [0.1, 0.15) is 35.8 Å². The first-order valence-electron chi connectivity index (χ1n) is 10.8. The number of nitrogens with zero attached hydrogens (tertiary/aromatic N) is 3. The number of anilines is 1. The van der Waals surface area contributed by atoms with Crippen LogP contribution in [0.5, 0.6) is 0 Å². The Labute approximate surface area is 198 Å². The third-order valence-electron chi connectivity index (χ3n) is 7.23. The van der Waals surface area contributed by atoms with Gasteiger partial charge in [-0.15, -0.1) is 0 Å². The minimum absolute atomic E-state index is 0.0916. The van der Waals surface area contributed by atoms with E-state index in [0.29, 0.717) is 22.8 Å². The summed E-state index contributed by atoms with van der Waals surface area (Å²) in [5.41, 5.74) is -1.26. The smallest absolute Gasteiger partial charge is 0.275 e. The van der Waals surface area contributed by atoms with Crippen molar-refractivity contribution in [1.29, 1.82) is 5.26 Å². The Kier molecular flexibility index (Phi) is 4.81. The van der Waals surface area contributed by atoms with Gasteiger partial charge in [-0.3, -0.25) is 14.3 Å². The van der Waals surface area contributed by atoms with Crippen molar-refractivity contribution in [2.45, 2.75) is 31.8 Å². The van der Waals surface area contributed by atoms with Gasteiger partial charge in [0, 0.05) is 28.9 Å². The maximum atomic E-state index is 14.6. The van der Waals surface area contributed by atoms with Crippen LogP contribution >= 0.6 is 0 Å². The highest BCUT2D eigenvalue weighted by atomic mass is 19.1. The van der Waals surface area contributed by atoms with Gasteiger partial charge in [-0.05, 0) is 30.2 Å². The average Bonchev–Trinajstić information content (AvgIpc) is 3.54. The molecule has 7 nitrogen and oxygen atoms in total. The largest absolute Gasteiger partial charge is 0.335 e. The molecule has 5 rings (SSSR count). The van der Waals surface area contributed by atoms with E-state index in [0.717, 1.165) is 6.20 Å². The highest BCUT2D eigenvalue weighted by Gasteiger charge is 2.97. The molecule has 2 aliphatic carbocycles. The molecule has 4 atom stereocenters. The number of carbonyl (C=O) groups is 2. The van der Waals surface area contributed by atoms with Crippen LogP contribution in [0.4, 0.5) is 18.9 Å². The van der Waals surface area contributed by atoms with E-state index in [2.05, 4.69) is 22.3 Å². The van der Waals surface area contributed by atoms with Gasteiger partial charge >= 0.3 is 0 Å². The molecule has 2 amide bonds. The molecule has 10 heteroatoms. The monoisotopic (exact) mass is 479 g/mol. The second kappa shape index (κ2) is 7.43. The van der Waals surface area contributed by atoms with Crippen molar-refractivity contribution in [2.75, 3.05) is 5.32 Å². The van der Waals surface area contributed by atoms with Gasteiger partial charge in [0.25, 0.3) is 11.8 Å². The zero-order valence-corrected chi connectivity index (χ0v) is 18.8. The summed E-state index contributed by atoms with van der Waals surface area (Å²) in [6.07, 6.45) is 5.90. The van der Waals surface area contributed by atoms with Gasteiger partial charge in [0.15, 0.2) is 11.5 Å². The topological polar surface area (TPSA) is 99.8 Å². The summed E-state index contributed by atoms with van der Waals surface area (Å²) in [6, 6.07) is 3.86. The molecule has 178 valence electrons. The summed E-state index contributed by atoms with van der Waals surface area (Å²) >= 11 is 0. The molecule has 1 aromatic heterocycles. The fourth-order valence-corrected chi connectivity index (χ4v) is 5.43. The van der Waals surface area contributed by atoms with Gasteiger partial charge in [0.2, 0.25) is 0 Å². The zero-order valence-electron chi connectivity index (χ0n) is 18.8. The number of nitrogens with one attached hydrogen (secondary N) is 2. The Bertz CT molecular complexity index is 1440. The summed E-state index contributed by atoms with van der Waals surface area (Å²) in [5.74, 6) is -4.69. The Morgan fingerprint density at radius 1 is 1.37 bits per heavy atom. The molecule has 0 radical (unpaired) electrons. The highest BCUT2D eigenvalue weighted by molar-refractivity contribution is 6.11. The van der Waals surface area contributed by atoms with E-state index in [1.165, 1.54) is 10.7 Å². The van der Waals surface area contributed by atoms with Crippen molar-refractivity contribution in [3.05, 3.63) is 83.0 Å². The lowest BCUT2D eigenvalue weighted by Crippen LogP contribution is -2.53. The molecule has 2 heterocycles. The number of amides is 2. The molecular weight excluding hydrogens is 459 g/mol. The quantitative estimate of drug-likeness (QED) is 0.487. The van der Waals surface area contributed by atoms with Crippen molar-refractivity contribution >= 4 is 17.5 Å². The Hall–Kier alpha value is -4.13. The van der Waals surface area contributed by atoms with E-state index in [1.807, 2.05) is 6.07 Å². The first-order chi connectivity index (χ1) is 16.5. The summed E-state index contributed by atoms with van der Waals surface area (Å²) in [6.45, 7) is 7.34. The van der Waals surface area contributed by atoms with Crippen molar-refractivity contribution in [1.82, 2.24) is 15.1 Å². The second-order valence-electron chi connectivity index (χ2n) is 9.31. The second-order valence-corrected chi connectivity index (χ2v) is 9.31. The molecule has 4 unspecified atom stereocenters. The SMILES string of the molecule is C=C(/C=C\C=C(/C)C#N)Cn1cc(F)c(C(=O)NC23C(=O)Nc4c(F)cc(F)cc4C4C2C43C)n1. The number of benzene rings is 1. The minimum Gasteiger partial charge on any atom is -0.335 e. The van der Waals surface area contributed by atoms with E-state index in [1.54, 1.807) is 32.1 Å². The van der Waals surface area contributed by atoms with Crippen LogP contribution in [0.15, 0.2) is 54.3 Å². The molecule has 0 bridgehead atoms. The summed E-state index contributed by atoms with van der Waals surface area (Å²) in [7, 11) is 0. The first kappa shape index (κ1) is 22.7. The van der Waals surface area contributed by atoms with E-state index in [4.69, 9.17) is 5.26 Å². The van der Waals surface area contributed by atoms with Crippen LogP contribution < -0.4 is 10.6 Å². The van der Waals surface area contributed by atoms with Gasteiger partial charge in [-0.25, -0.2) is 13.2 Å². The van der Waals surface area contributed by atoms with Crippen molar-refractivity contribution in [3.63, 3.8) is 0 Å². The molecule has 2 aromatic rings. The maximum absolute atomic E-state index is 14.6. The number of allylic oxidation sites excluding steroid dienone is 5. The Morgan fingerprint density at radius 2 is 2.09 bits per heavy atom. The third-order valence-corrected chi connectivity index (χ3v) is 7.23. The van der Waals surface area contributed by atoms with Crippen LogP contribution in [0.2, 0.25) is 0 Å². The predicted molar refractivity (Wildman–Crippen MR) is 119 cm³/mol. The van der Waals surface area contributed by atoms with Gasteiger partial charge in [0.1, 0.15) is 17.2 Å². The molecule has 0 saturated heterocycles. The van der Waals surface area contributed by atoms with E-state index < -0.39 is 45.9 Å². The number of hydrogen-bond acceptors (Lipinski definition) is 4. The number of carbonyl (C=O) groups excluding carboxylic acids is 2. The average molecular weight is 479 g/mol. The normalized spacial score (nSPS) is 27.9. The van der Waals surface area contributed by atoms with Crippen molar-refractivity contribution in [3.8, 4) is 6.07 Å².